The average molecular weight is 301 g/mol. The summed E-state index contributed by atoms with van der Waals surface area (Å²) >= 11 is 1.42. The molecule has 1 aromatic heterocycles. The van der Waals surface area contributed by atoms with Gasteiger partial charge < -0.3 is 11.1 Å². The van der Waals surface area contributed by atoms with Gasteiger partial charge in [-0.1, -0.05) is 6.07 Å². The Labute approximate surface area is 125 Å². The minimum Gasteiger partial charge on any atom is -0.396 e. The number of hydrogen-bond donors (Lipinski definition) is 2. The molecule has 0 saturated carbocycles. The topological polar surface area (TPSA) is 78.9 Å². The van der Waals surface area contributed by atoms with E-state index < -0.39 is 11.7 Å². The van der Waals surface area contributed by atoms with Gasteiger partial charge in [0.2, 0.25) is 0 Å². The van der Waals surface area contributed by atoms with Crippen LogP contribution in [0.25, 0.3) is 0 Å². The molecule has 1 aromatic carbocycles. The van der Waals surface area contributed by atoms with Gasteiger partial charge in [0.1, 0.15) is 16.9 Å². The van der Waals surface area contributed by atoms with Crippen LogP contribution < -0.4 is 11.1 Å². The maximum atomic E-state index is 13.4. The lowest BCUT2D eigenvalue weighted by Crippen LogP contribution is -2.14. The zero-order valence-corrected chi connectivity index (χ0v) is 11.9. The number of anilines is 2. The monoisotopic (exact) mass is 301 g/mol. The van der Waals surface area contributed by atoms with Crippen molar-refractivity contribution < 1.29 is 9.18 Å². The lowest BCUT2D eigenvalue weighted by Gasteiger charge is -2.07. The summed E-state index contributed by atoms with van der Waals surface area (Å²) in [5.41, 5.74) is 7.03. The van der Waals surface area contributed by atoms with Gasteiger partial charge in [-0.2, -0.15) is 5.26 Å². The molecule has 1 aliphatic carbocycles. The van der Waals surface area contributed by atoms with Gasteiger partial charge in [-0.05, 0) is 37.0 Å². The molecule has 6 heteroatoms. The number of para-hydroxylation sites is 1. The van der Waals surface area contributed by atoms with Crippen molar-refractivity contribution in [2.24, 2.45) is 0 Å². The molecule has 4 nitrogen and oxygen atoms in total. The Balaban J connectivity index is 1.93. The number of halogens is 1. The Morgan fingerprint density at radius 3 is 3.00 bits per heavy atom. The van der Waals surface area contributed by atoms with E-state index in [1.54, 1.807) is 0 Å². The number of nitriles is 1. The summed E-state index contributed by atoms with van der Waals surface area (Å²) in [6.45, 7) is 0. The van der Waals surface area contributed by atoms with E-state index in [9.17, 15) is 14.4 Å². The second-order valence-electron chi connectivity index (χ2n) is 4.83. The van der Waals surface area contributed by atoms with Crippen molar-refractivity contribution in [3.8, 4) is 6.07 Å². The SMILES string of the molecule is N#Cc1c(NC(=O)c2cccc(F)c2N)sc2c1CCC2. The van der Waals surface area contributed by atoms with Crippen LogP contribution >= 0.6 is 11.3 Å². The van der Waals surface area contributed by atoms with Crippen LogP contribution in [-0.2, 0) is 12.8 Å². The van der Waals surface area contributed by atoms with Gasteiger partial charge in [0.05, 0.1) is 16.8 Å². The smallest absolute Gasteiger partial charge is 0.258 e. The van der Waals surface area contributed by atoms with Gasteiger partial charge in [-0.25, -0.2) is 4.39 Å². The van der Waals surface area contributed by atoms with Crippen molar-refractivity contribution in [1.82, 2.24) is 0 Å². The zero-order valence-electron chi connectivity index (χ0n) is 11.1. The number of hydrogen-bond acceptors (Lipinski definition) is 4. The molecule has 0 atom stereocenters. The maximum absolute atomic E-state index is 13.4. The lowest BCUT2D eigenvalue weighted by molar-refractivity contribution is 0.102. The third-order valence-corrected chi connectivity index (χ3v) is 4.76. The molecule has 106 valence electrons. The van der Waals surface area contributed by atoms with E-state index in [-0.39, 0.29) is 11.3 Å². The molecular weight excluding hydrogens is 289 g/mol. The minimum atomic E-state index is -0.628. The molecule has 1 aliphatic rings. The number of aryl methyl sites for hydroxylation is 1. The highest BCUT2D eigenvalue weighted by Crippen LogP contribution is 2.38. The Kier molecular flexibility index (Phi) is 3.35. The third-order valence-electron chi connectivity index (χ3n) is 3.56. The Hall–Kier alpha value is -2.39. The molecule has 0 spiro atoms. The number of nitrogen functional groups attached to an aromatic ring is 1. The number of amides is 1. The summed E-state index contributed by atoms with van der Waals surface area (Å²) in [7, 11) is 0. The molecule has 0 fully saturated rings. The molecular formula is C15H12FN3OS. The molecule has 3 rings (SSSR count). The molecule has 0 unspecified atom stereocenters. The molecule has 0 saturated heterocycles. The predicted octanol–water partition coefficient (Wildman–Crippen LogP) is 3.08. The number of carbonyl (C=O) groups excluding carboxylic acids is 1. The van der Waals surface area contributed by atoms with Gasteiger partial charge in [0.15, 0.2) is 0 Å². The fraction of sp³-hybridized carbons (Fsp3) is 0.200. The van der Waals surface area contributed by atoms with Crippen molar-refractivity contribution in [2.75, 3.05) is 11.1 Å². The molecule has 21 heavy (non-hydrogen) atoms. The van der Waals surface area contributed by atoms with Crippen molar-refractivity contribution in [3.05, 3.63) is 45.6 Å². The second-order valence-corrected chi connectivity index (χ2v) is 5.93. The molecule has 0 radical (unpaired) electrons. The van der Waals surface area contributed by atoms with Crippen molar-refractivity contribution in [3.63, 3.8) is 0 Å². The fourth-order valence-corrected chi connectivity index (χ4v) is 3.75. The number of benzene rings is 1. The maximum Gasteiger partial charge on any atom is 0.258 e. The molecule has 0 aliphatic heterocycles. The molecule has 2 aromatic rings. The van der Waals surface area contributed by atoms with Crippen LogP contribution in [0.4, 0.5) is 15.1 Å². The van der Waals surface area contributed by atoms with Gasteiger partial charge in [0, 0.05) is 4.88 Å². The number of fused-ring (bicyclic) bond motifs is 1. The second kappa shape index (κ2) is 5.19. The predicted molar refractivity (Wildman–Crippen MR) is 79.8 cm³/mol. The number of nitrogens with one attached hydrogen (secondary N) is 1. The largest absolute Gasteiger partial charge is 0.396 e. The third kappa shape index (κ3) is 2.26. The number of nitrogens with two attached hydrogens (primary N) is 1. The average Bonchev–Trinajstić information content (AvgIpc) is 3.02. The van der Waals surface area contributed by atoms with E-state index in [1.165, 1.54) is 29.5 Å². The van der Waals surface area contributed by atoms with Crippen LogP contribution in [0.5, 0.6) is 0 Å². The lowest BCUT2D eigenvalue weighted by atomic mass is 10.1. The Bertz CT molecular complexity index is 776. The van der Waals surface area contributed by atoms with Gasteiger partial charge in [0.25, 0.3) is 5.91 Å². The van der Waals surface area contributed by atoms with E-state index in [0.717, 1.165) is 29.7 Å². The summed E-state index contributed by atoms with van der Waals surface area (Å²) in [6.07, 6.45) is 2.85. The highest BCUT2D eigenvalue weighted by atomic mass is 32.1. The molecule has 1 amide bonds. The van der Waals surface area contributed by atoms with Crippen LogP contribution in [-0.4, -0.2) is 5.91 Å². The molecule has 0 bridgehead atoms. The first-order valence-electron chi connectivity index (χ1n) is 6.51. The van der Waals surface area contributed by atoms with Crippen molar-refractivity contribution in [1.29, 1.82) is 5.26 Å². The van der Waals surface area contributed by atoms with Crippen LogP contribution in [0.3, 0.4) is 0 Å². The number of carbonyl (C=O) groups is 1. The summed E-state index contributed by atoms with van der Waals surface area (Å²) in [5.74, 6) is -1.12. The number of nitrogens with zero attached hydrogens (tertiary/aromatic N) is 1. The molecule has 3 N–H and O–H groups in total. The van der Waals surface area contributed by atoms with E-state index >= 15 is 0 Å². The van der Waals surface area contributed by atoms with Crippen LogP contribution in [0, 0.1) is 17.1 Å². The highest BCUT2D eigenvalue weighted by Gasteiger charge is 2.24. The quantitative estimate of drug-likeness (QED) is 0.837. The van der Waals surface area contributed by atoms with Crippen LogP contribution in [0.2, 0.25) is 0 Å². The Morgan fingerprint density at radius 1 is 1.43 bits per heavy atom. The first-order valence-corrected chi connectivity index (χ1v) is 7.33. The fourth-order valence-electron chi connectivity index (χ4n) is 2.52. The van der Waals surface area contributed by atoms with E-state index in [0.29, 0.717) is 10.6 Å². The van der Waals surface area contributed by atoms with Gasteiger partial charge >= 0.3 is 0 Å². The van der Waals surface area contributed by atoms with Gasteiger partial charge in [-0.15, -0.1) is 11.3 Å². The first kappa shape index (κ1) is 13.6. The van der Waals surface area contributed by atoms with E-state index in [4.69, 9.17) is 5.73 Å². The summed E-state index contributed by atoms with van der Waals surface area (Å²) in [4.78, 5) is 13.4. The zero-order chi connectivity index (χ0) is 15.0. The standard InChI is InChI=1S/C15H12FN3OS/c16-11-5-1-4-9(13(11)18)14(20)19-15-10(7-17)8-3-2-6-12(8)21-15/h1,4-5H,2-3,6,18H2,(H,19,20). The summed E-state index contributed by atoms with van der Waals surface area (Å²) < 4.78 is 13.4. The Morgan fingerprint density at radius 2 is 2.24 bits per heavy atom. The highest BCUT2D eigenvalue weighted by molar-refractivity contribution is 7.16. The molecule has 1 heterocycles. The number of rotatable bonds is 2. The van der Waals surface area contributed by atoms with Crippen LogP contribution in [0.15, 0.2) is 18.2 Å². The summed E-state index contributed by atoms with van der Waals surface area (Å²) in [5, 5.41) is 12.5. The van der Waals surface area contributed by atoms with Crippen molar-refractivity contribution in [2.45, 2.75) is 19.3 Å². The minimum absolute atomic E-state index is 0.0763. The van der Waals surface area contributed by atoms with Crippen LogP contribution in [0.1, 0.15) is 32.8 Å². The van der Waals surface area contributed by atoms with Gasteiger partial charge in [-0.3, -0.25) is 4.79 Å². The number of thiophene rings is 1. The van der Waals surface area contributed by atoms with E-state index in [2.05, 4.69) is 11.4 Å². The van der Waals surface area contributed by atoms with E-state index in [1.807, 2.05) is 0 Å². The first-order chi connectivity index (χ1) is 10.1. The normalized spacial score (nSPS) is 12.8. The summed E-state index contributed by atoms with van der Waals surface area (Å²) in [6, 6.07) is 6.24. The van der Waals surface area contributed by atoms with Crippen molar-refractivity contribution >= 4 is 27.9 Å².